The van der Waals surface area contributed by atoms with Crippen molar-refractivity contribution in [1.29, 1.82) is 0 Å². The third-order valence-electron chi connectivity index (χ3n) is 3.70. The van der Waals surface area contributed by atoms with Gasteiger partial charge in [0.05, 0.1) is 25.2 Å². The van der Waals surface area contributed by atoms with Crippen molar-refractivity contribution in [3.63, 3.8) is 0 Å². The van der Waals surface area contributed by atoms with E-state index >= 15 is 0 Å². The molecule has 2 rings (SSSR count). The number of rotatable bonds is 9. The van der Waals surface area contributed by atoms with Crippen LogP contribution in [0.2, 0.25) is 0 Å². The Morgan fingerprint density at radius 1 is 1.08 bits per heavy atom. The average molecular weight is 341 g/mol. The predicted molar refractivity (Wildman–Crippen MR) is 95.4 cm³/mol. The van der Waals surface area contributed by atoms with E-state index in [1.807, 2.05) is 37.3 Å². The van der Waals surface area contributed by atoms with Crippen LogP contribution in [-0.4, -0.2) is 30.1 Å². The van der Waals surface area contributed by atoms with Gasteiger partial charge in [0.15, 0.2) is 0 Å². The van der Waals surface area contributed by atoms with Crippen LogP contribution in [0.1, 0.15) is 28.4 Å². The lowest BCUT2D eigenvalue weighted by atomic mass is 10.1. The second-order valence-electron chi connectivity index (χ2n) is 6.09. The number of carboxylic acid groups (broad SMARTS) is 1. The van der Waals surface area contributed by atoms with Gasteiger partial charge in [-0.15, -0.1) is 0 Å². The summed E-state index contributed by atoms with van der Waals surface area (Å²) >= 11 is 0. The SMILES string of the molecule is CC(CNC(=O)Cc1cccc(C(=O)O)c1)COCc1ccccc1. The highest BCUT2D eigenvalue weighted by atomic mass is 16.5. The smallest absolute Gasteiger partial charge is 0.335 e. The van der Waals surface area contributed by atoms with E-state index in [1.165, 1.54) is 12.1 Å². The molecule has 5 nitrogen and oxygen atoms in total. The Hall–Kier alpha value is -2.66. The van der Waals surface area contributed by atoms with Gasteiger partial charge < -0.3 is 15.2 Å². The maximum absolute atomic E-state index is 12.0. The molecule has 25 heavy (non-hydrogen) atoms. The van der Waals surface area contributed by atoms with Crippen molar-refractivity contribution in [2.45, 2.75) is 20.0 Å². The summed E-state index contributed by atoms with van der Waals surface area (Å²) in [7, 11) is 0. The first-order valence-electron chi connectivity index (χ1n) is 8.25. The molecule has 0 bridgehead atoms. The van der Waals surface area contributed by atoms with Gasteiger partial charge in [-0.1, -0.05) is 49.4 Å². The molecule has 2 aromatic rings. The number of carbonyl (C=O) groups excluding carboxylic acids is 1. The second-order valence-corrected chi connectivity index (χ2v) is 6.09. The van der Waals surface area contributed by atoms with Crippen molar-refractivity contribution in [3.8, 4) is 0 Å². The van der Waals surface area contributed by atoms with Gasteiger partial charge in [0.2, 0.25) is 5.91 Å². The monoisotopic (exact) mass is 341 g/mol. The van der Waals surface area contributed by atoms with Gasteiger partial charge in [-0.05, 0) is 29.2 Å². The van der Waals surface area contributed by atoms with Crippen molar-refractivity contribution >= 4 is 11.9 Å². The van der Waals surface area contributed by atoms with Crippen LogP contribution in [0.4, 0.5) is 0 Å². The van der Waals surface area contributed by atoms with Crippen LogP contribution in [0.25, 0.3) is 0 Å². The summed E-state index contributed by atoms with van der Waals surface area (Å²) in [5, 5.41) is 11.8. The van der Waals surface area contributed by atoms with Crippen LogP contribution < -0.4 is 5.32 Å². The quantitative estimate of drug-likeness (QED) is 0.735. The van der Waals surface area contributed by atoms with Crippen molar-refractivity contribution in [3.05, 3.63) is 71.3 Å². The highest BCUT2D eigenvalue weighted by Crippen LogP contribution is 2.07. The maximum atomic E-state index is 12.0. The van der Waals surface area contributed by atoms with Crippen LogP contribution >= 0.6 is 0 Å². The first-order chi connectivity index (χ1) is 12.0. The zero-order valence-corrected chi connectivity index (χ0v) is 14.3. The number of carboxylic acids is 1. The molecular weight excluding hydrogens is 318 g/mol. The fraction of sp³-hybridized carbons (Fsp3) is 0.300. The Labute approximate surface area is 147 Å². The number of benzene rings is 2. The highest BCUT2D eigenvalue weighted by molar-refractivity contribution is 5.88. The fourth-order valence-corrected chi connectivity index (χ4v) is 2.36. The predicted octanol–water partition coefficient (Wildman–Crippen LogP) is 2.90. The summed E-state index contributed by atoms with van der Waals surface area (Å²) in [6.45, 7) is 3.65. The van der Waals surface area contributed by atoms with Crippen LogP contribution in [0.3, 0.4) is 0 Å². The van der Waals surface area contributed by atoms with Crippen LogP contribution in [0.15, 0.2) is 54.6 Å². The van der Waals surface area contributed by atoms with Crippen molar-refractivity contribution in [2.24, 2.45) is 5.92 Å². The van der Waals surface area contributed by atoms with Crippen molar-refractivity contribution in [1.82, 2.24) is 5.32 Å². The van der Waals surface area contributed by atoms with Gasteiger partial charge in [-0.3, -0.25) is 4.79 Å². The minimum absolute atomic E-state index is 0.127. The van der Waals surface area contributed by atoms with Gasteiger partial charge in [0.25, 0.3) is 0 Å². The normalized spacial score (nSPS) is 11.7. The molecule has 0 spiro atoms. The summed E-state index contributed by atoms with van der Waals surface area (Å²) in [5.74, 6) is -0.929. The number of hydrogen-bond acceptors (Lipinski definition) is 3. The van der Waals surface area contributed by atoms with Crippen LogP contribution in [-0.2, 0) is 22.6 Å². The zero-order valence-electron chi connectivity index (χ0n) is 14.3. The van der Waals surface area contributed by atoms with E-state index in [1.54, 1.807) is 12.1 Å². The van der Waals surface area contributed by atoms with E-state index in [9.17, 15) is 9.59 Å². The van der Waals surface area contributed by atoms with Crippen molar-refractivity contribution in [2.75, 3.05) is 13.2 Å². The van der Waals surface area contributed by atoms with Gasteiger partial charge >= 0.3 is 5.97 Å². The van der Waals surface area contributed by atoms with E-state index in [4.69, 9.17) is 9.84 Å². The topological polar surface area (TPSA) is 75.6 Å². The average Bonchev–Trinajstić information content (AvgIpc) is 2.61. The lowest BCUT2D eigenvalue weighted by molar-refractivity contribution is -0.120. The van der Waals surface area contributed by atoms with E-state index in [0.29, 0.717) is 25.3 Å². The summed E-state index contributed by atoms with van der Waals surface area (Å²) in [4.78, 5) is 22.9. The molecule has 2 aromatic carbocycles. The van der Waals surface area contributed by atoms with Crippen LogP contribution in [0, 0.1) is 5.92 Å². The lowest BCUT2D eigenvalue weighted by Crippen LogP contribution is -2.31. The Kier molecular flexibility index (Phi) is 7.16. The Morgan fingerprint density at radius 2 is 1.80 bits per heavy atom. The minimum atomic E-state index is -0.994. The van der Waals surface area contributed by atoms with E-state index in [0.717, 1.165) is 5.56 Å². The van der Waals surface area contributed by atoms with E-state index in [-0.39, 0.29) is 23.8 Å². The number of hydrogen-bond donors (Lipinski definition) is 2. The standard InChI is InChI=1S/C20H23NO4/c1-15(13-25-14-16-6-3-2-4-7-16)12-21-19(22)11-17-8-5-9-18(10-17)20(23)24/h2-10,15H,11-14H2,1H3,(H,21,22)(H,23,24). The van der Waals surface area contributed by atoms with E-state index < -0.39 is 5.97 Å². The molecule has 0 saturated heterocycles. The largest absolute Gasteiger partial charge is 0.478 e. The number of ether oxygens (including phenoxy) is 1. The Bertz CT molecular complexity index is 700. The molecule has 0 fully saturated rings. The molecule has 132 valence electrons. The second kappa shape index (κ2) is 9.59. The zero-order chi connectivity index (χ0) is 18.1. The summed E-state index contributed by atoms with van der Waals surface area (Å²) in [5.41, 5.74) is 2.00. The molecule has 5 heteroatoms. The molecule has 0 saturated carbocycles. The minimum Gasteiger partial charge on any atom is -0.478 e. The summed E-state index contributed by atoms with van der Waals surface area (Å²) < 4.78 is 5.66. The van der Waals surface area contributed by atoms with Gasteiger partial charge in [0, 0.05) is 6.54 Å². The summed E-state index contributed by atoms with van der Waals surface area (Å²) in [6, 6.07) is 16.4. The number of aromatic carboxylic acids is 1. The molecule has 0 heterocycles. The maximum Gasteiger partial charge on any atom is 0.335 e. The van der Waals surface area contributed by atoms with Crippen molar-refractivity contribution < 1.29 is 19.4 Å². The molecule has 2 N–H and O–H groups in total. The first kappa shape index (κ1) is 18.7. The molecule has 0 radical (unpaired) electrons. The third kappa shape index (κ3) is 6.77. The van der Waals surface area contributed by atoms with Gasteiger partial charge in [-0.25, -0.2) is 4.79 Å². The molecule has 0 aliphatic heterocycles. The molecule has 1 amide bonds. The van der Waals surface area contributed by atoms with E-state index in [2.05, 4.69) is 5.32 Å². The third-order valence-corrected chi connectivity index (χ3v) is 3.70. The molecule has 0 aromatic heterocycles. The molecule has 1 atom stereocenters. The lowest BCUT2D eigenvalue weighted by Gasteiger charge is -2.13. The molecule has 0 aliphatic rings. The highest BCUT2D eigenvalue weighted by Gasteiger charge is 2.09. The Morgan fingerprint density at radius 3 is 2.52 bits per heavy atom. The number of amides is 1. The Balaban J connectivity index is 1.68. The number of carbonyl (C=O) groups is 2. The molecule has 0 aliphatic carbocycles. The molecular formula is C20H23NO4. The first-order valence-corrected chi connectivity index (χ1v) is 8.25. The van der Waals surface area contributed by atoms with Gasteiger partial charge in [0.1, 0.15) is 0 Å². The number of nitrogens with one attached hydrogen (secondary N) is 1. The summed E-state index contributed by atoms with van der Waals surface area (Å²) in [6.07, 6.45) is 0.165. The fourth-order valence-electron chi connectivity index (χ4n) is 2.36. The molecule has 1 unspecified atom stereocenters. The van der Waals surface area contributed by atoms with Gasteiger partial charge in [-0.2, -0.15) is 0 Å². The van der Waals surface area contributed by atoms with Crippen LogP contribution in [0.5, 0.6) is 0 Å².